The van der Waals surface area contributed by atoms with Gasteiger partial charge in [-0.2, -0.15) is 5.10 Å². The van der Waals surface area contributed by atoms with E-state index < -0.39 is 0 Å². The van der Waals surface area contributed by atoms with Gasteiger partial charge >= 0.3 is 6.03 Å². The van der Waals surface area contributed by atoms with Crippen LogP contribution in [-0.2, 0) is 6.54 Å². The molecule has 2 aromatic carbocycles. The van der Waals surface area contributed by atoms with Gasteiger partial charge in [-0.1, -0.05) is 23.7 Å². The summed E-state index contributed by atoms with van der Waals surface area (Å²) in [6.45, 7) is 0.362. The van der Waals surface area contributed by atoms with Crippen molar-refractivity contribution in [3.63, 3.8) is 0 Å². The zero-order valence-electron chi connectivity index (χ0n) is 13.6. The summed E-state index contributed by atoms with van der Waals surface area (Å²) in [6, 6.07) is 13.2. The van der Waals surface area contributed by atoms with Gasteiger partial charge in [0.2, 0.25) is 0 Å². The number of carbonyl (C=O) groups is 2. The second-order valence-corrected chi connectivity index (χ2v) is 5.83. The second kappa shape index (κ2) is 8.17. The number of carbonyl (C=O) groups excluding carboxylic acids is 2. The van der Waals surface area contributed by atoms with Crippen molar-refractivity contribution in [2.24, 2.45) is 0 Å². The summed E-state index contributed by atoms with van der Waals surface area (Å²) in [5, 5.41) is 15.1. The molecule has 1 heterocycles. The van der Waals surface area contributed by atoms with E-state index in [2.05, 4.69) is 26.1 Å². The molecule has 7 nitrogen and oxygen atoms in total. The van der Waals surface area contributed by atoms with Crippen LogP contribution in [0.1, 0.15) is 15.9 Å². The first-order valence-corrected chi connectivity index (χ1v) is 8.18. The van der Waals surface area contributed by atoms with Crippen LogP contribution in [0.25, 0.3) is 0 Å². The number of hydrogen-bond donors (Lipinski definition) is 4. The largest absolute Gasteiger partial charge is 0.334 e. The lowest BCUT2D eigenvalue weighted by Crippen LogP contribution is -2.28. The van der Waals surface area contributed by atoms with Crippen LogP contribution in [-0.4, -0.2) is 22.1 Å². The fraction of sp³-hybridized carbons (Fsp3) is 0.0556. The molecule has 0 aliphatic rings. The first-order valence-electron chi connectivity index (χ1n) is 7.80. The Morgan fingerprint density at radius 3 is 2.50 bits per heavy atom. The van der Waals surface area contributed by atoms with Crippen LogP contribution in [0.15, 0.2) is 60.9 Å². The molecule has 3 rings (SSSR count). The third-order valence-corrected chi connectivity index (χ3v) is 3.86. The molecule has 0 fully saturated rings. The molecule has 4 N–H and O–H groups in total. The summed E-state index contributed by atoms with van der Waals surface area (Å²) in [5.41, 5.74) is 2.44. The van der Waals surface area contributed by atoms with Crippen LogP contribution < -0.4 is 16.0 Å². The van der Waals surface area contributed by atoms with E-state index in [0.29, 0.717) is 28.5 Å². The fourth-order valence-corrected chi connectivity index (χ4v) is 2.38. The van der Waals surface area contributed by atoms with Gasteiger partial charge in [0.1, 0.15) is 0 Å². The minimum absolute atomic E-state index is 0.283. The Balaban J connectivity index is 1.55. The number of aromatic amines is 1. The third-order valence-electron chi connectivity index (χ3n) is 3.53. The summed E-state index contributed by atoms with van der Waals surface area (Å²) in [4.78, 5) is 24.1. The summed E-state index contributed by atoms with van der Waals surface area (Å²) < 4.78 is 0. The number of amides is 3. The minimum Gasteiger partial charge on any atom is -0.334 e. The zero-order valence-corrected chi connectivity index (χ0v) is 14.4. The highest BCUT2D eigenvalue weighted by Gasteiger charge is 2.09. The number of benzene rings is 2. The topological polar surface area (TPSA) is 98.9 Å². The van der Waals surface area contributed by atoms with Crippen LogP contribution in [0.2, 0.25) is 5.02 Å². The lowest BCUT2D eigenvalue weighted by atomic mass is 10.2. The summed E-state index contributed by atoms with van der Waals surface area (Å²) in [6.07, 6.45) is 3.33. The van der Waals surface area contributed by atoms with Crippen LogP contribution in [0.5, 0.6) is 0 Å². The molecule has 0 spiro atoms. The molecule has 3 aromatic rings. The van der Waals surface area contributed by atoms with Crippen molar-refractivity contribution in [2.75, 3.05) is 10.6 Å². The highest BCUT2D eigenvalue weighted by molar-refractivity contribution is 6.33. The Morgan fingerprint density at radius 2 is 1.81 bits per heavy atom. The number of hydrogen-bond acceptors (Lipinski definition) is 3. The van der Waals surface area contributed by atoms with E-state index in [0.717, 1.165) is 5.56 Å². The Bertz CT molecular complexity index is 894. The third kappa shape index (κ3) is 4.61. The normalized spacial score (nSPS) is 10.2. The van der Waals surface area contributed by atoms with E-state index in [4.69, 9.17) is 11.6 Å². The maximum absolute atomic E-state index is 12.3. The van der Waals surface area contributed by atoms with E-state index in [1.54, 1.807) is 60.9 Å². The maximum Gasteiger partial charge on any atom is 0.319 e. The monoisotopic (exact) mass is 369 g/mol. The molecule has 132 valence electrons. The number of rotatable bonds is 5. The molecule has 0 unspecified atom stereocenters. The van der Waals surface area contributed by atoms with Crippen LogP contribution in [0.3, 0.4) is 0 Å². The number of para-hydroxylation sites is 1. The van der Waals surface area contributed by atoms with E-state index >= 15 is 0 Å². The lowest BCUT2D eigenvalue weighted by Gasteiger charge is -2.09. The molecule has 0 bridgehead atoms. The molecule has 26 heavy (non-hydrogen) atoms. The number of aromatic nitrogens is 2. The van der Waals surface area contributed by atoms with E-state index in [9.17, 15) is 9.59 Å². The van der Waals surface area contributed by atoms with Gasteiger partial charge in [0, 0.05) is 29.6 Å². The average Bonchev–Trinajstić information content (AvgIpc) is 3.16. The van der Waals surface area contributed by atoms with Gasteiger partial charge in [-0.05, 0) is 36.4 Å². The van der Waals surface area contributed by atoms with Crippen molar-refractivity contribution in [3.8, 4) is 0 Å². The predicted molar refractivity (Wildman–Crippen MR) is 100 cm³/mol. The smallest absolute Gasteiger partial charge is 0.319 e. The second-order valence-electron chi connectivity index (χ2n) is 5.43. The summed E-state index contributed by atoms with van der Waals surface area (Å²) >= 11 is 6.03. The molecule has 0 saturated heterocycles. The molecule has 0 aliphatic carbocycles. The molecule has 1 aromatic heterocycles. The molecule has 0 saturated carbocycles. The van der Waals surface area contributed by atoms with Crippen molar-refractivity contribution < 1.29 is 9.59 Å². The number of nitrogens with one attached hydrogen (secondary N) is 4. The molecule has 0 radical (unpaired) electrons. The molecule has 8 heteroatoms. The molecule has 0 atom stereocenters. The van der Waals surface area contributed by atoms with Crippen molar-refractivity contribution in [2.45, 2.75) is 6.54 Å². The number of halogens is 1. The van der Waals surface area contributed by atoms with Crippen molar-refractivity contribution in [1.82, 2.24) is 15.5 Å². The number of anilines is 2. The number of H-pyrrole nitrogens is 1. The first-order chi connectivity index (χ1) is 12.6. The van der Waals surface area contributed by atoms with Gasteiger partial charge in [0.05, 0.1) is 16.9 Å². The Labute approximate surface area is 154 Å². The van der Waals surface area contributed by atoms with Crippen LogP contribution in [0.4, 0.5) is 16.2 Å². The predicted octanol–water partition coefficient (Wildman–Crippen LogP) is 3.64. The van der Waals surface area contributed by atoms with E-state index in [1.807, 2.05) is 0 Å². The van der Waals surface area contributed by atoms with Gasteiger partial charge in [-0.15, -0.1) is 0 Å². The van der Waals surface area contributed by atoms with Gasteiger partial charge in [-0.25, -0.2) is 4.79 Å². The minimum atomic E-state index is -0.348. The van der Waals surface area contributed by atoms with Crippen molar-refractivity contribution in [1.29, 1.82) is 0 Å². The van der Waals surface area contributed by atoms with Gasteiger partial charge in [-0.3, -0.25) is 9.89 Å². The number of nitrogens with zero attached hydrogens (tertiary/aromatic N) is 1. The Hall–Kier alpha value is -3.32. The standard InChI is InChI=1S/C18H16ClN5O2/c19-15-3-1-2-4-16(15)24-17(25)13-5-7-14(8-6-13)23-18(26)20-9-12-10-21-22-11-12/h1-8,10-11H,9H2,(H,21,22)(H,24,25)(H2,20,23,26). The van der Waals surface area contributed by atoms with Crippen LogP contribution >= 0.6 is 11.6 Å². The van der Waals surface area contributed by atoms with E-state index in [1.165, 1.54) is 0 Å². The van der Waals surface area contributed by atoms with Gasteiger partial charge in [0.15, 0.2) is 0 Å². The van der Waals surface area contributed by atoms with Crippen molar-refractivity contribution in [3.05, 3.63) is 77.1 Å². The highest BCUT2D eigenvalue weighted by Crippen LogP contribution is 2.21. The van der Waals surface area contributed by atoms with Gasteiger partial charge < -0.3 is 16.0 Å². The molecule has 3 amide bonds. The van der Waals surface area contributed by atoms with Crippen molar-refractivity contribution >= 4 is 34.9 Å². The number of urea groups is 1. The molecular formula is C18H16ClN5O2. The maximum atomic E-state index is 12.3. The first kappa shape index (κ1) is 17.5. The van der Waals surface area contributed by atoms with Crippen LogP contribution in [0, 0.1) is 0 Å². The molecular weight excluding hydrogens is 354 g/mol. The van der Waals surface area contributed by atoms with E-state index in [-0.39, 0.29) is 11.9 Å². The quantitative estimate of drug-likeness (QED) is 0.552. The lowest BCUT2D eigenvalue weighted by molar-refractivity contribution is 0.102. The summed E-state index contributed by atoms with van der Waals surface area (Å²) in [7, 11) is 0. The SMILES string of the molecule is O=C(NCc1cn[nH]c1)Nc1ccc(C(=O)Nc2ccccc2Cl)cc1. The zero-order chi connectivity index (χ0) is 18.4. The average molecular weight is 370 g/mol. The molecule has 0 aliphatic heterocycles. The summed E-state index contributed by atoms with van der Waals surface area (Å²) in [5.74, 6) is -0.283. The Kier molecular flexibility index (Phi) is 5.50. The fourth-order valence-electron chi connectivity index (χ4n) is 2.19. The highest BCUT2D eigenvalue weighted by atomic mass is 35.5. The Morgan fingerprint density at radius 1 is 1.04 bits per heavy atom. The van der Waals surface area contributed by atoms with Gasteiger partial charge in [0.25, 0.3) is 5.91 Å².